The van der Waals surface area contributed by atoms with Gasteiger partial charge in [-0.1, -0.05) is 36.4 Å². The minimum Gasteiger partial charge on any atom is -0.495 e. The van der Waals surface area contributed by atoms with Gasteiger partial charge in [-0.3, -0.25) is 9.59 Å². The van der Waals surface area contributed by atoms with Crippen LogP contribution in [0.1, 0.15) is 13.3 Å². The van der Waals surface area contributed by atoms with Gasteiger partial charge in [-0.2, -0.15) is 0 Å². The fourth-order valence-corrected chi connectivity index (χ4v) is 4.22. The van der Waals surface area contributed by atoms with E-state index in [1.807, 2.05) is 48.5 Å². The molecule has 4 atom stereocenters. The van der Waals surface area contributed by atoms with Crippen molar-refractivity contribution in [3.63, 3.8) is 0 Å². The first-order valence-electron chi connectivity index (χ1n) is 9.73. The molecular weight excluding hydrogens is 370 g/mol. The first-order valence-corrected chi connectivity index (χ1v) is 9.73. The molecule has 152 valence electrons. The SMILES string of the molecule is COc1ccc(-c2ccccc2)cc1N1C(=O)[C@@H]2C[C@H]1CN2C(=O)[C@H](N)[C@H](C)O. The Labute approximate surface area is 169 Å². The van der Waals surface area contributed by atoms with Crippen LogP contribution in [0.2, 0.25) is 0 Å². The molecule has 2 saturated heterocycles. The molecule has 4 rings (SSSR count). The number of nitrogens with zero attached hydrogens (tertiary/aromatic N) is 2. The number of fused-ring (bicyclic) bond motifs is 2. The number of aliphatic hydroxyl groups is 1. The Kier molecular flexibility index (Phi) is 5.02. The van der Waals surface area contributed by atoms with Crippen LogP contribution in [-0.2, 0) is 9.59 Å². The Balaban J connectivity index is 1.64. The van der Waals surface area contributed by atoms with Gasteiger partial charge in [-0.05, 0) is 36.6 Å². The van der Waals surface area contributed by atoms with Crippen LogP contribution in [0.25, 0.3) is 11.1 Å². The normalized spacial score (nSPS) is 22.7. The molecule has 7 heteroatoms. The molecule has 2 aliphatic heterocycles. The number of nitrogens with two attached hydrogens (primary N) is 1. The third kappa shape index (κ3) is 3.26. The number of piperazine rings is 1. The van der Waals surface area contributed by atoms with Crippen LogP contribution in [0.15, 0.2) is 48.5 Å². The molecule has 3 N–H and O–H groups in total. The highest BCUT2D eigenvalue weighted by Gasteiger charge is 2.53. The maximum Gasteiger partial charge on any atom is 0.250 e. The van der Waals surface area contributed by atoms with Crippen molar-refractivity contribution in [2.75, 3.05) is 18.6 Å². The second-order valence-electron chi connectivity index (χ2n) is 7.62. The Morgan fingerprint density at radius 2 is 1.93 bits per heavy atom. The number of likely N-dealkylation sites (tertiary alicyclic amines) is 1. The van der Waals surface area contributed by atoms with Gasteiger partial charge in [0.25, 0.3) is 0 Å². The lowest BCUT2D eigenvalue weighted by Crippen LogP contribution is -2.58. The van der Waals surface area contributed by atoms with Crippen molar-refractivity contribution in [3.8, 4) is 16.9 Å². The van der Waals surface area contributed by atoms with Gasteiger partial charge in [0.15, 0.2) is 0 Å². The predicted octanol–water partition coefficient (Wildman–Crippen LogP) is 1.39. The van der Waals surface area contributed by atoms with Crippen LogP contribution in [0.3, 0.4) is 0 Å². The van der Waals surface area contributed by atoms with Crippen LogP contribution < -0.4 is 15.4 Å². The molecule has 2 aromatic carbocycles. The molecule has 2 bridgehead atoms. The van der Waals surface area contributed by atoms with Crippen molar-refractivity contribution >= 4 is 17.5 Å². The maximum atomic E-state index is 13.2. The summed E-state index contributed by atoms with van der Waals surface area (Å²) in [5.41, 5.74) is 8.55. The average Bonchev–Trinajstić information content (AvgIpc) is 3.31. The number of benzene rings is 2. The number of ether oxygens (including phenoxy) is 1. The third-order valence-electron chi connectivity index (χ3n) is 5.80. The van der Waals surface area contributed by atoms with Crippen LogP contribution in [0.5, 0.6) is 5.75 Å². The lowest BCUT2D eigenvalue weighted by atomic mass is 10.0. The van der Waals surface area contributed by atoms with Gasteiger partial charge in [-0.15, -0.1) is 0 Å². The van der Waals surface area contributed by atoms with Crippen molar-refractivity contribution in [2.24, 2.45) is 5.73 Å². The van der Waals surface area contributed by atoms with E-state index in [-0.39, 0.29) is 17.9 Å². The quantitative estimate of drug-likeness (QED) is 0.798. The van der Waals surface area contributed by atoms with Crippen LogP contribution in [0.4, 0.5) is 5.69 Å². The molecule has 0 aromatic heterocycles. The van der Waals surface area contributed by atoms with E-state index in [0.717, 1.165) is 11.1 Å². The van der Waals surface area contributed by atoms with Gasteiger partial charge < -0.3 is 25.4 Å². The van der Waals surface area contributed by atoms with E-state index in [1.165, 1.54) is 11.8 Å². The molecule has 2 aliphatic rings. The standard InChI is InChI=1S/C22H25N3O4/c1-13(26)20(23)22(28)24-12-16-11-18(24)21(27)25(16)17-10-15(8-9-19(17)29-2)14-6-4-3-5-7-14/h3-10,13,16,18,20,26H,11-12,23H2,1-2H3/t13-,16-,18-,20+/m0/s1. The lowest BCUT2D eigenvalue weighted by molar-refractivity contribution is -0.141. The average molecular weight is 395 g/mol. The topological polar surface area (TPSA) is 96.1 Å². The summed E-state index contributed by atoms with van der Waals surface area (Å²) >= 11 is 0. The van der Waals surface area contributed by atoms with Crippen molar-refractivity contribution < 1.29 is 19.4 Å². The zero-order valence-electron chi connectivity index (χ0n) is 16.5. The van der Waals surface area contributed by atoms with E-state index in [9.17, 15) is 14.7 Å². The molecule has 0 spiro atoms. The number of methoxy groups -OCH3 is 1. The van der Waals surface area contributed by atoms with Gasteiger partial charge in [-0.25, -0.2) is 0 Å². The second kappa shape index (κ2) is 7.50. The number of rotatable bonds is 5. The van der Waals surface area contributed by atoms with Crippen LogP contribution >= 0.6 is 0 Å². The summed E-state index contributed by atoms with van der Waals surface area (Å²) in [6, 6.07) is 14.0. The van der Waals surface area contributed by atoms with Crippen LogP contribution in [-0.4, -0.2) is 59.7 Å². The molecule has 29 heavy (non-hydrogen) atoms. The van der Waals surface area contributed by atoms with E-state index in [0.29, 0.717) is 24.4 Å². The van der Waals surface area contributed by atoms with Gasteiger partial charge in [0, 0.05) is 6.54 Å². The summed E-state index contributed by atoms with van der Waals surface area (Å²) in [7, 11) is 1.58. The molecule has 7 nitrogen and oxygen atoms in total. The highest BCUT2D eigenvalue weighted by molar-refractivity contribution is 6.05. The highest BCUT2D eigenvalue weighted by atomic mass is 16.5. The summed E-state index contributed by atoms with van der Waals surface area (Å²) < 4.78 is 5.52. The predicted molar refractivity (Wildman–Crippen MR) is 109 cm³/mol. The fourth-order valence-electron chi connectivity index (χ4n) is 4.22. The molecule has 2 heterocycles. The van der Waals surface area contributed by atoms with Gasteiger partial charge in [0.2, 0.25) is 11.8 Å². The van der Waals surface area contributed by atoms with Crippen molar-refractivity contribution in [2.45, 2.75) is 37.6 Å². The number of amides is 2. The third-order valence-corrected chi connectivity index (χ3v) is 5.80. The molecule has 2 fully saturated rings. The molecule has 2 amide bonds. The second-order valence-corrected chi connectivity index (χ2v) is 7.62. The molecule has 0 radical (unpaired) electrons. The number of hydrogen-bond acceptors (Lipinski definition) is 5. The minimum atomic E-state index is -1.02. The summed E-state index contributed by atoms with van der Waals surface area (Å²) in [5, 5.41) is 9.64. The number of hydrogen-bond donors (Lipinski definition) is 2. The number of aliphatic hydroxyl groups excluding tert-OH is 1. The van der Waals surface area contributed by atoms with Crippen molar-refractivity contribution in [1.82, 2.24) is 4.90 Å². The molecular formula is C22H25N3O4. The Morgan fingerprint density at radius 3 is 2.55 bits per heavy atom. The maximum absolute atomic E-state index is 13.2. The summed E-state index contributed by atoms with van der Waals surface area (Å²) in [4.78, 5) is 29.0. The number of anilines is 1. The summed E-state index contributed by atoms with van der Waals surface area (Å²) in [6.45, 7) is 1.87. The smallest absolute Gasteiger partial charge is 0.250 e. The zero-order valence-corrected chi connectivity index (χ0v) is 16.5. The highest BCUT2D eigenvalue weighted by Crippen LogP contribution is 2.41. The van der Waals surface area contributed by atoms with Crippen molar-refractivity contribution in [1.29, 1.82) is 0 Å². The van der Waals surface area contributed by atoms with E-state index in [2.05, 4.69) is 0 Å². The lowest BCUT2D eigenvalue weighted by Gasteiger charge is -2.36. The zero-order chi connectivity index (χ0) is 20.7. The monoisotopic (exact) mass is 395 g/mol. The first-order chi connectivity index (χ1) is 13.9. The van der Waals surface area contributed by atoms with E-state index >= 15 is 0 Å². The first kappa shape index (κ1) is 19.4. The van der Waals surface area contributed by atoms with Gasteiger partial charge in [0.1, 0.15) is 17.8 Å². The van der Waals surface area contributed by atoms with Crippen LogP contribution in [0, 0.1) is 0 Å². The fraction of sp³-hybridized carbons (Fsp3) is 0.364. The molecule has 0 aliphatic carbocycles. The number of carbonyl (C=O) groups excluding carboxylic acids is 2. The Morgan fingerprint density at radius 1 is 1.21 bits per heavy atom. The largest absolute Gasteiger partial charge is 0.495 e. The number of carbonyl (C=O) groups is 2. The van der Waals surface area contributed by atoms with Gasteiger partial charge in [0.05, 0.1) is 24.9 Å². The van der Waals surface area contributed by atoms with E-state index < -0.39 is 18.2 Å². The van der Waals surface area contributed by atoms with E-state index in [1.54, 1.807) is 12.0 Å². The summed E-state index contributed by atoms with van der Waals surface area (Å²) in [6.07, 6.45) is -0.411. The molecule has 0 saturated carbocycles. The minimum absolute atomic E-state index is 0.141. The van der Waals surface area contributed by atoms with E-state index in [4.69, 9.17) is 10.5 Å². The molecule has 2 aromatic rings. The Bertz CT molecular complexity index is 931. The molecule has 0 unspecified atom stereocenters. The van der Waals surface area contributed by atoms with Gasteiger partial charge >= 0.3 is 0 Å². The van der Waals surface area contributed by atoms with Crippen molar-refractivity contribution in [3.05, 3.63) is 48.5 Å². The Hall–Kier alpha value is -2.90. The summed E-state index contributed by atoms with van der Waals surface area (Å²) in [5.74, 6) is 0.0885.